The average Bonchev–Trinajstić information content (AvgIpc) is 2.98. The topological polar surface area (TPSA) is 47.4 Å². The van der Waals surface area contributed by atoms with Gasteiger partial charge >= 0.3 is 0 Å². The molecule has 0 bridgehead atoms. The largest absolute Gasteiger partial charge is 0.384 e. The number of ether oxygens (including phenoxy) is 1. The van der Waals surface area contributed by atoms with Crippen LogP contribution in [0.5, 0.6) is 0 Å². The summed E-state index contributed by atoms with van der Waals surface area (Å²) in [7, 11) is 3.87. The summed E-state index contributed by atoms with van der Waals surface area (Å²) < 4.78 is 7.32. The Kier molecular flexibility index (Phi) is 5.17. The third-order valence-corrected chi connectivity index (χ3v) is 7.17. The summed E-state index contributed by atoms with van der Waals surface area (Å²) in [6.07, 6.45) is 6.04. The molecule has 0 N–H and O–H groups in total. The molecule has 0 aromatic carbocycles. The van der Waals surface area contributed by atoms with Crippen molar-refractivity contribution in [3.8, 4) is 0 Å². The van der Waals surface area contributed by atoms with Crippen LogP contribution >= 0.6 is 11.3 Å². The van der Waals surface area contributed by atoms with E-state index in [-0.39, 0.29) is 11.6 Å². The number of hydrogen-bond acceptors (Lipinski definition) is 5. The van der Waals surface area contributed by atoms with E-state index in [1.165, 1.54) is 16.9 Å². The fourth-order valence-electron chi connectivity index (χ4n) is 4.44. The van der Waals surface area contributed by atoms with Crippen LogP contribution in [-0.4, -0.2) is 48.3 Å². The minimum absolute atomic E-state index is 0.197. The SMILES string of the molecule is COCCc1nc2sc3c(c2c(=O)n1C1CCN(C)CC1)CCC(C)C3. The Labute approximate surface area is 159 Å². The number of thiophene rings is 1. The van der Waals surface area contributed by atoms with Gasteiger partial charge in [0.2, 0.25) is 0 Å². The highest BCUT2D eigenvalue weighted by Gasteiger charge is 2.27. The first-order valence-electron chi connectivity index (χ1n) is 9.81. The minimum atomic E-state index is 0.197. The zero-order valence-electron chi connectivity index (χ0n) is 16.1. The summed E-state index contributed by atoms with van der Waals surface area (Å²) in [5, 5.41) is 0.914. The quantitative estimate of drug-likeness (QED) is 0.824. The first kappa shape index (κ1) is 18.1. The Morgan fingerprint density at radius 3 is 2.77 bits per heavy atom. The fourth-order valence-corrected chi connectivity index (χ4v) is 5.84. The Bertz CT molecular complexity index is 849. The molecule has 1 aliphatic heterocycles. The van der Waals surface area contributed by atoms with Crippen LogP contribution in [0.2, 0.25) is 0 Å². The van der Waals surface area contributed by atoms with Crippen LogP contribution in [0.3, 0.4) is 0 Å². The number of hydrogen-bond donors (Lipinski definition) is 0. The van der Waals surface area contributed by atoms with Gasteiger partial charge in [-0.2, -0.15) is 0 Å². The maximum absolute atomic E-state index is 13.6. The number of nitrogens with zero attached hydrogens (tertiary/aromatic N) is 3. The number of rotatable bonds is 4. The van der Waals surface area contributed by atoms with Crippen LogP contribution in [0.25, 0.3) is 10.2 Å². The lowest BCUT2D eigenvalue weighted by Crippen LogP contribution is -2.37. The highest BCUT2D eigenvalue weighted by atomic mass is 32.1. The van der Waals surface area contributed by atoms with Crippen LogP contribution in [0.15, 0.2) is 4.79 Å². The molecule has 2 aliphatic rings. The molecule has 0 amide bonds. The Balaban J connectivity index is 1.84. The second-order valence-electron chi connectivity index (χ2n) is 8.01. The van der Waals surface area contributed by atoms with Gasteiger partial charge in [-0.1, -0.05) is 6.92 Å². The molecule has 6 heteroatoms. The summed E-state index contributed by atoms with van der Waals surface area (Å²) in [5.74, 6) is 1.62. The molecule has 26 heavy (non-hydrogen) atoms. The fraction of sp³-hybridized carbons (Fsp3) is 0.700. The van der Waals surface area contributed by atoms with Crippen molar-refractivity contribution in [3.05, 3.63) is 26.6 Å². The van der Waals surface area contributed by atoms with Gasteiger partial charge in [-0.15, -0.1) is 11.3 Å². The molecule has 2 aromatic heterocycles. The molecule has 0 radical (unpaired) electrons. The molecule has 1 aliphatic carbocycles. The number of methoxy groups -OCH3 is 1. The van der Waals surface area contributed by atoms with Crippen molar-refractivity contribution in [1.29, 1.82) is 0 Å². The van der Waals surface area contributed by atoms with E-state index < -0.39 is 0 Å². The highest BCUT2D eigenvalue weighted by molar-refractivity contribution is 7.18. The molecule has 142 valence electrons. The van der Waals surface area contributed by atoms with Crippen LogP contribution in [0.1, 0.15) is 48.5 Å². The maximum atomic E-state index is 13.6. The lowest BCUT2D eigenvalue weighted by atomic mass is 9.89. The van der Waals surface area contributed by atoms with Crippen molar-refractivity contribution in [3.63, 3.8) is 0 Å². The van der Waals surface area contributed by atoms with E-state index in [0.29, 0.717) is 18.9 Å². The zero-order chi connectivity index (χ0) is 18.3. The summed E-state index contributed by atoms with van der Waals surface area (Å²) in [6, 6.07) is 0.264. The molecular weight excluding hydrogens is 346 g/mol. The van der Waals surface area contributed by atoms with Gasteiger partial charge in [0.15, 0.2) is 0 Å². The van der Waals surface area contributed by atoms with Gasteiger partial charge in [0.1, 0.15) is 10.7 Å². The summed E-state index contributed by atoms with van der Waals surface area (Å²) in [4.78, 5) is 23.3. The van der Waals surface area contributed by atoms with Crippen molar-refractivity contribution in [2.24, 2.45) is 5.92 Å². The third-order valence-electron chi connectivity index (χ3n) is 6.02. The summed E-state index contributed by atoms with van der Waals surface area (Å²) in [6.45, 7) is 4.99. The lowest BCUT2D eigenvalue weighted by Gasteiger charge is -2.31. The number of likely N-dealkylation sites (tertiary alicyclic amines) is 1. The molecule has 0 saturated carbocycles. The van der Waals surface area contributed by atoms with Crippen LogP contribution in [-0.2, 0) is 24.0 Å². The molecule has 1 fully saturated rings. The van der Waals surface area contributed by atoms with E-state index in [1.54, 1.807) is 18.4 Å². The van der Waals surface area contributed by atoms with Crippen LogP contribution < -0.4 is 5.56 Å². The molecule has 2 aromatic rings. The monoisotopic (exact) mass is 375 g/mol. The zero-order valence-corrected chi connectivity index (χ0v) is 16.9. The molecule has 1 unspecified atom stereocenters. The number of aryl methyl sites for hydroxylation is 1. The highest BCUT2D eigenvalue weighted by Crippen LogP contribution is 2.36. The maximum Gasteiger partial charge on any atom is 0.262 e. The Hall–Kier alpha value is -1.24. The van der Waals surface area contributed by atoms with Crippen molar-refractivity contribution < 1.29 is 4.74 Å². The molecule has 4 rings (SSSR count). The molecule has 0 spiro atoms. The van der Waals surface area contributed by atoms with Gasteiger partial charge in [-0.05, 0) is 63.7 Å². The summed E-state index contributed by atoms with van der Waals surface area (Å²) in [5.41, 5.74) is 1.49. The van der Waals surface area contributed by atoms with Gasteiger partial charge in [-0.25, -0.2) is 4.98 Å². The van der Waals surface area contributed by atoms with E-state index in [9.17, 15) is 4.79 Å². The van der Waals surface area contributed by atoms with E-state index >= 15 is 0 Å². The summed E-state index contributed by atoms with van der Waals surface area (Å²) >= 11 is 1.75. The van der Waals surface area contributed by atoms with Crippen LogP contribution in [0, 0.1) is 5.92 Å². The molecule has 3 heterocycles. The predicted octanol–water partition coefficient (Wildman–Crippen LogP) is 3.04. The third kappa shape index (κ3) is 3.23. The second-order valence-corrected chi connectivity index (χ2v) is 9.10. The first-order chi connectivity index (χ1) is 12.6. The van der Waals surface area contributed by atoms with Crippen molar-refractivity contribution >= 4 is 21.6 Å². The van der Waals surface area contributed by atoms with Crippen molar-refractivity contribution in [1.82, 2.24) is 14.5 Å². The van der Waals surface area contributed by atoms with Gasteiger partial charge < -0.3 is 9.64 Å². The predicted molar refractivity (Wildman–Crippen MR) is 106 cm³/mol. The minimum Gasteiger partial charge on any atom is -0.384 e. The Morgan fingerprint density at radius 2 is 2.04 bits per heavy atom. The average molecular weight is 376 g/mol. The first-order valence-corrected chi connectivity index (χ1v) is 10.6. The van der Waals surface area contributed by atoms with Gasteiger partial charge in [0.05, 0.1) is 12.0 Å². The van der Waals surface area contributed by atoms with Gasteiger partial charge in [0, 0.05) is 24.4 Å². The smallest absolute Gasteiger partial charge is 0.262 e. The van der Waals surface area contributed by atoms with E-state index in [0.717, 1.165) is 54.8 Å². The molecule has 1 saturated heterocycles. The number of fused-ring (bicyclic) bond motifs is 3. The Morgan fingerprint density at radius 1 is 1.27 bits per heavy atom. The molecule has 1 atom stereocenters. The van der Waals surface area contributed by atoms with Crippen LogP contribution in [0.4, 0.5) is 0 Å². The molecule has 5 nitrogen and oxygen atoms in total. The van der Waals surface area contributed by atoms with E-state index in [1.807, 2.05) is 4.57 Å². The van der Waals surface area contributed by atoms with E-state index in [4.69, 9.17) is 9.72 Å². The van der Waals surface area contributed by atoms with E-state index in [2.05, 4.69) is 18.9 Å². The molecular formula is C20H29N3O2S. The second kappa shape index (κ2) is 7.41. The number of piperidine rings is 1. The van der Waals surface area contributed by atoms with Crippen molar-refractivity contribution in [2.45, 2.75) is 51.5 Å². The normalized spacial score (nSPS) is 22.0. The standard InChI is InChI=1S/C20H29N3O2S/c1-13-4-5-15-16(12-13)26-19-18(15)20(24)23(17(21-19)8-11-25-3)14-6-9-22(2)10-7-14/h13-14H,4-12H2,1-3H3. The van der Waals surface area contributed by atoms with Crippen molar-refractivity contribution in [2.75, 3.05) is 33.9 Å². The number of aromatic nitrogens is 2. The van der Waals surface area contributed by atoms with Gasteiger partial charge in [0.25, 0.3) is 5.56 Å². The lowest BCUT2D eigenvalue weighted by molar-refractivity contribution is 0.191. The van der Waals surface area contributed by atoms with Gasteiger partial charge in [-0.3, -0.25) is 9.36 Å².